The van der Waals surface area contributed by atoms with Gasteiger partial charge in [0.2, 0.25) is 0 Å². The number of carbonyl (C=O) groups is 2. The molecule has 1 aliphatic rings. The van der Waals surface area contributed by atoms with Crippen molar-refractivity contribution in [1.82, 2.24) is 5.32 Å². The van der Waals surface area contributed by atoms with Crippen LogP contribution in [0.1, 0.15) is 34.1 Å². The average Bonchev–Trinajstić information content (AvgIpc) is 2.89. The van der Waals surface area contributed by atoms with Gasteiger partial charge in [0, 0.05) is 0 Å². The molecule has 0 heterocycles. The van der Waals surface area contributed by atoms with Crippen LogP contribution in [-0.4, -0.2) is 24.8 Å². The van der Waals surface area contributed by atoms with Crippen LogP contribution in [0.3, 0.4) is 0 Å². The summed E-state index contributed by atoms with van der Waals surface area (Å²) in [5.41, 5.74) is -0.445. The molecule has 102 valence electrons. The van der Waals surface area contributed by atoms with Gasteiger partial charge in [-0.1, -0.05) is 6.92 Å². The number of allylic oxidation sites excluding steroid dienone is 1. The Hall–Kier alpha value is -1.52. The third-order valence-electron chi connectivity index (χ3n) is 2.59. The number of carbonyl (C=O) groups excluding carboxylic acids is 2. The van der Waals surface area contributed by atoms with E-state index in [4.69, 9.17) is 4.74 Å². The number of nitrogens with one attached hydrogen (secondary N) is 1. The predicted octanol–water partition coefficient (Wildman–Crippen LogP) is 2.22. The molecular formula is C13H21NO4. The molecule has 0 unspecified atom stereocenters. The van der Waals surface area contributed by atoms with E-state index in [-0.39, 0.29) is 5.70 Å². The zero-order chi connectivity index (χ0) is 13.9. The molecule has 1 amide bonds. The first-order valence-electron chi connectivity index (χ1n) is 6.03. The Labute approximate surface area is 108 Å². The fourth-order valence-electron chi connectivity index (χ4n) is 1.48. The molecule has 1 fully saturated rings. The highest BCUT2D eigenvalue weighted by molar-refractivity contribution is 5.92. The summed E-state index contributed by atoms with van der Waals surface area (Å²) in [5, 5.41) is 2.44. The summed E-state index contributed by atoms with van der Waals surface area (Å²) in [6.45, 7) is 7.37. The Kier molecular flexibility index (Phi) is 4.38. The highest BCUT2D eigenvalue weighted by Gasteiger charge is 2.32. The maximum absolute atomic E-state index is 11.6. The Bertz CT molecular complexity index is 368. The van der Waals surface area contributed by atoms with Gasteiger partial charge >= 0.3 is 12.1 Å². The van der Waals surface area contributed by atoms with Gasteiger partial charge in [0.25, 0.3) is 0 Å². The van der Waals surface area contributed by atoms with E-state index in [1.54, 1.807) is 26.8 Å². The van der Waals surface area contributed by atoms with Crippen molar-refractivity contribution in [3.63, 3.8) is 0 Å². The molecule has 5 heteroatoms. The molecule has 2 atom stereocenters. The van der Waals surface area contributed by atoms with Crippen LogP contribution in [0, 0.1) is 11.8 Å². The lowest BCUT2D eigenvalue weighted by atomic mass is 10.2. The fraction of sp³-hybridized carbons (Fsp3) is 0.692. The van der Waals surface area contributed by atoms with Crippen molar-refractivity contribution in [2.45, 2.75) is 39.7 Å². The van der Waals surface area contributed by atoms with Crippen molar-refractivity contribution in [1.29, 1.82) is 0 Å². The molecule has 0 aromatic carbocycles. The van der Waals surface area contributed by atoms with Crippen LogP contribution >= 0.6 is 0 Å². The van der Waals surface area contributed by atoms with Crippen LogP contribution in [-0.2, 0) is 14.3 Å². The standard InChI is InChI=1S/C13H21NO4/c1-8-6-9(8)7-10(11(15)17-5)14-12(16)18-13(2,3)4/h7-9H,6H2,1-5H3,(H,14,16)/b10-7+/t8-,9+/m0/s1. The first-order chi connectivity index (χ1) is 8.23. The van der Waals surface area contributed by atoms with Crippen LogP contribution in [0.25, 0.3) is 0 Å². The average molecular weight is 255 g/mol. The lowest BCUT2D eigenvalue weighted by Crippen LogP contribution is -2.34. The van der Waals surface area contributed by atoms with E-state index in [1.807, 2.05) is 0 Å². The molecule has 1 N–H and O–H groups in total. The summed E-state index contributed by atoms with van der Waals surface area (Å²) < 4.78 is 9.72. The number of ether oxygens (including phenoxy) is 2. The fourth-order valence-corrected chi connectivity index (χ4v) is 1.48. The number of rotatable bonds is 3. The van der Waals surface area contributed by atoms with Gasteiger partial charge in [-0.3, -0.25) is 5.32 Å². The molecule has 0 spiro atoms. The summed E-state index contributed by atoms with van der Waals surface area (Å²) in [6, 6.07) is 0. The van der Waals surface area contributed by atoms with Gasteiger partial charge in [0.15, 0.2) is 0 Å². The van der Waals surface area contributed by atoms with Crippen molar-refractivity contribution in [2.24, 2.45) is 11.8 Å². The van der Waals surface area contributed by atoms with Gasteiger partial charge in [-0.15, -0.1) is 0 Å². The molecule has 18 heavy (non-hydrogen) atoms. The molecule has 0 radical (unpaired) electrons. The molecule has 1 saturated carbocycles. The van der Waals surface area contributed by atoms with Crippen molar-refractivity contribution in [3.05, 3.63) is 11.8 Å². The number of methoxy groups -OCH3 is 1. The minimum atomic E-state index is -0.646. The van der Waals surface area contributed by atoms with Crippen LogP contribution in [0.2, 0.25) is 0 Å². The minimum Gasteiger partial charge on any atom is -0.464 e. The lowest BCUT2D eigenvalue weighted by molar-refractivity contribution is -0.136. The summed E-state index contributed by atoms with van der Waals surface area (Å²) >= 11 is 0. The van der Waals surface area contributed by atoms with Gasteiger partial charge in [0.05, 0.1) is 7.11 Å². The van der Waals surface area contributed by atoms with Gasteiger partial charge in [-0.2, -0.15) is 0 Å². The van der Waals surface area contributed by atoms with Gasteiger partial charge in [0.1, 0.15) is 11.3 Å². The normalized spacial score (nSPS) is 23.3. The minimum absolute atomic E-state index is 0.154. The smallest absolute Gasteiger partial charge is 0.412 e. The van der Waals surface area contributed by atoms with Crippen molar-refractivity contribution in [2.75, 3.05) is 7.11 Å². The highest BCUT2D eigenvalue weighted by atomic mass is 16.6. The molecule has 0 bridgehead atoms. The van der Waals surface area contributed by atoms with E-state index in [0.29, 0.717) is 11.8 Å². The van der Waals surface area contributed by atoms with Crippen LogP contribution < -0.4 is 5.32 Å². The Morgan fingerprint density at radius 3 is 2.28 bits per heavy atom. The van der Waals surface area contributed by atoms with E-state index >= 15 is 0 Å². The summed E-state index contributed by atoms with van der Waals surface area (Å²) in [5.74, 6) is 0.319. The summed E-state index contributed by atoms with van der Waals surface area (Å²) in [6.07, 6.45) is 2.11. The summed E-state index contributed by atoms with van der Waals surface area (Å²) in [4.78, 5) is 23.1. The maximum atomic E-state index is 11.6. The van der Waals surface area contributed by atoms with E-state index in [2.05, 4.69) is 17.0 Å². The second-order valence-electron chi connectivity index (χ2n) is 5.58. The topological polar surface area (TPSA) is 64.6 Å². The Morgan fingerprint density at radius 1 is 1.33 bits per heavy atom. The quantitative estimate of drug-likeness (QED) is 0.620. The molecule has 0 saturated heterocycles. The molecule has 1 aliphatic carbocycles. The maximum Gasteiger partial charge on any atom is 0.412 e. The second kappa shape index (κ2) is 5.42. The number of amides is 1. The van der Waals surface area contributed by atoms with Crippen molar-refractivity contribution < 1.29 is 19.1 Å². The zero-order valence-corrected chi connectivity index (χ0v) is 11.6. The second-order valence-corrected chi connectivity index (χ2v) is 5.58. The monoisotopic (exact) mass is 255 g/mol. The molecule has 0 aromatic heterocycles. The van der Waals surface area contributed by atoms with Crippen LogP contribution in [0.4, 0.5) is 4.79 Å². The summed E-state index contributed by atoms with van der Waals surface area (Å²) in [7, 11) is 1.28. The number of esters is 1. The van der Waals surface area contributed by atoms with Crippen molar-refractivity contribution >= 4 is 12.1 Å². The van der Waals surface area contributed by atoms with Gasteiger partial charge in [-0.05, 0) is 45.1 Å². The highest BCUT2D eigenvalue weighted by Crippen LogP contribution is 2.39. The van der Waals surface area contributed by atoms with Crippen LogP contribution in [0.5, 0.6) is 0 Å². The zero-order valence-electron chi connectivity index (χ0n) is 11.6. The number of hydrogen-bond acceptors (Lipinski definition) is 4. The largest absolute Gasteiger partial charge is 0.464 e. The van der Waals surface area contributed by atoms with Crippen LogP contribution in [0.15, 0.2) is 11.8 Å². The predicted molar refractivity (Wildman–Crippen MR) is 66.7 cm³/mol. The Balaban J connectivity index is 2.65. The van der Waals surface area contributed by atoms with E-state index in [0.717, 1.165) is 6.42 Å². The van der Waals surface area contributed by atoms with Crippen molar-refractivity contribution in [3.8, 4) is 0 Å². The molecular weight excluding hydrogens is 234 g/mol. The van der Waals surface area contributed by atoms with Gasteiger partial charge in [-0.25, -0.2) is 9.59 Å². The lowest BCUT2D eigenvalue weighted by Gasteiger charge is -2.20. The SMILES string of the molecule is COC(=O)/C(=C\[C@H]1C[C@@H]1C)NC(=O)OC(C)(C)C. The number of alkyl carbamates (subject to hydrolysis) is 1. The van der Waals surface area contributed by atoms with E-state index in [9.17, 15) is 9.59 Å². The first kappa shape index (κ1) is 14.5. The molecule has 5 nitrogen and oxygen atoms in total. The van der Waals surface area contributed by atoms with E-state index < -0.39 is 17.7 Å². The third-order valence-corrected chi connectivity index (χ3v) is 2.59. The first-order valence-corrected chi connectivity index (χ1v) is 6.03. The van der Waals surface area contributed by atoms with E-state index in [1.165, 1.54) is 7.11 Å². The molecule has 0 aromatic rings. The molecule has 0 aliphatic heterocycles. The Morgan fingerprint density at radius 2 is 1.89 bits per heavy atom. The third kappa shape index (κ3) is 4.77. The molecule has 1 rings (SSSR count). The van der Waals surface area contributed by atoms with Gasteiger partial charge < -0.3 is 9.47 Å². The number of hydrogen-bond donors (Lipinski definition) is 1.